The molecule has 2 nitrogen and oxygen atoms in total. The summed E-state index contributed by atoms with van der Waals surface area (Å²) in [6, 6.07) is 4.53. The number of nitrogens with one attached hydrogen (secondary N) is 1. The highest BCUT2D eigenvalue weighted by molar-refractivity contribution is 5.34. The van der Waals surface area contributed by atoms with E-state index >= 15 is 0 Å². The third-order valence-electron chi connectivity index (χ3n) is 1.94. The van der Waals surface area contributed by atoms with Gasteiger partial charge in [-0.2, -0.15) is 0 Å². The van der Waals surface area contributed by atoms with Gasteiger partial charge in [0.1, 0.15) is 18.2 Å². The van der Waals surface area contributed by atoms with Gasteiger partial charge in [0.25, 0.3) is 0 Å². The predicted octanol–water partition coefficient (Wildman–Crippen LogP) is 2.50. The average molecular weight is 209 g/mol. The Hall–Kier alpha value is -1.35. The van der Waals surface area contributed by atoms with Crippen molar-refractivity contribution in [3.05, 3.63) is 42.2 Å². The second kappa shape index (κ2) is 6.19. The molecule has 0 unspecified atom stereocenters. The molecule has 0 radical (unpaired) electrons. The van der Waals surface area contributed by atoms with Gasteiger partial charge in [-0.15, -0.1) is 0 Å². The highest BCUT2D eigenvalue weighted by Crippen LogP contribution is 2.19. The van der Waals surface area contributed by atoms with E-state index in [1.807, 2.05) is 6.92 Å². The van der Waals surface area contributed by atoms with Gasteiger partial charge in [0, 0.05) is 12.1 Å². The number of rotatable bonds is 6. The van der Waals surface area contributed by atoms with Crippen LogP contribution in [0.5, 0.6) is 5.75 Å². The van der Waals surface area contributed by atoms with Crippen LogP contribution in [0.3, 0.4) is 0 Å². The van der Waals surface area contributed by atoms with Crippen LogP contribution >= 0.6 is 0 Å². The molecular formula is C12H16FNO. The second-order valence-electron chi connectivity index (χ2n) is 3.13. The van der Waals surface area contributed by atoms with Gasteiger partial charge in [0.05, 0.1) is 0 Å². The van der Waals surface area contributed by atoms with Crippen LogP contribution in [0.1, 0.15) is 12.5 Å². The molecule has 0 fully saturated rings. The zero-order valence-electron chi connectivity index (χ0n) is 8.92. The van der Waals surface area contributed by atoms with Crippen molar-refractivity contribution < 1.29 is 9.13 Å². The Balaban J connectivity index is 2.77. The molecule has 0 aliphatic rings. The van der Waals surface area contributed by atoms with E-state index in [4.69, 9.17) is 4.74 Å². The minimum Gasteiger partial charge on any atom is -0.489 e. The lowest BCUT2D eigenvalue weighted by Gasteiger charge is -2.10. The molecule has 82 valence electrons. The SMILES string of the molecule is C=CCOc1ccc(F)cc1CNCC. The molecule has 0 saturated carbocycles. The van der Waals surface area contributed by atoms with E-state index in [1.54, 1.807) is 12.1 Å². The van der Waals surface area contributed by atoms with E-state index in [1.165, 1.54) is 12.1 Å². The van der Waals surface area contributed by atoms with Gasteiger partial charge in [0.2, 0.25) is 0 Å². The summed E-state index contributed by atoms with van der Waals surface area (Å²) < 4.78 is 18.4. The van der Waals surface area contributed by atoms with Crippen LogP contribution in [0, 0.1) is 5.82 Å². The van der Waals surface area contributed by atoms with Crippen molar-refractivity contribution in [2.24, 2.45) is 0 Å². The van der Waals surface area contributed by atoms with Crippen LogP contribution in [0.4, 0.5) is 4.39 Å². The van der Waals surface area contributed by atoms with Gasteiger partial charge >= 0.3 is 0 Å². The van der Waals surface area contributed by atoms with Crippen molar-refractivity contribution >= 4 is 0 Å². The fourth-order valence-corrected chi connectivity index (χ4v) is 1.24. The third-order valence-corrected chi connectivity index (χ3v) is 1.94. The van der Waals surface area contributed by atoms with Crippen molar-refractivity contribution in [3.63, 3.8) is 0 Å². The van der Waals surface area contributed by atoms with Gasteiger partial charge in [-0.05, 0) is 24.7 Å². The molecule has 0 atom stereocenters. The first-order valence-electron chi connectivity index (χ1n) is 5.00. The normalized spacial score (nSPS) is 10.0. The van der Waals surface area contributed by atoms with Crippen molar-refractivity contribution in [2.45, 2.75) is 13.5 Å². The first-order chi connectivity index (χ1) is 7.27. The molecule has 1 N–H and O–H groups in total. The molecule has 0 spiro atoms. The first kappa shape index (κ1) is 11.7. The second-order valence-corrected chi connectivity index (χ2v) is 3.13. The van der Waals surface area contributed by atoms with Gasteiger partial charge in [-0.1, -0.05) is 19.6 Å². The minimum atomic E-state index is -0.242. The van der Waals surface area contributed by atoms with Crippen molar-refractivity contribution in [3.8, 4) is 5.75 Å². The first-order valence-corrected chi connectivity index (χ1v) is 5.00. The van der Waals surface area contributed by atoms with Crippen LogP contribution in [0.2, 0.25) is 0 Å². The van der Waals surface area contributed by atoms with Gasteiger partial charge in [0.15, 0.2) is 0 Å². The predicted molar refractivity (Wildman–Crippen MR) is 59.5 cm³/mol. The van der Waals surface area contributed by atoms with E-state index in [0.717, 1.165) is 12.1 Å². The summed E-state index contributed by atoms with van der Waals surface area (Å²) in [5.74, 6) is 0.464. The van der Waals surface area contributed by atoms with Gasteiger partial charge < -0.3 is 10.1 Å². The standard InChI is InChI=1S/C12H16FNO/c1-3-7-15-12-6-5-11(13)8-10(12)9-14-4-2/h3,5-6,8,14H,1,4,7,9H2,2H3. The monoisotopic (exact) mass is 209 g/mol. The Morgan fingerprint density at radius 2 is 2.33 bits per heavy atom. The Labute approximate surface area is 89.8 Å². The summed E-state index contributed by atoms with van der Waals surface area (Å²) in [4.78, 5) is 0. The highest BCUT2D eigenvalue weighted by atomic mass is 19.1. The average Bonchev–Trinajstić information content (AvgIpc) is 2.25. The number of halogens is 1. The summed E-state index contributed by atoms with van der Waals surface area (Å²) in [6.45, 7) is 7.47. The number of hydrogen-bond donors (Lipinski definition) is 1. The molecule has 0 heterocycles. The Bertz CT molecular complexity index is 325. The Morgan fingerprint density at radius 1 is 1.53 bits per heavy atom. The lowest BCUT2D eigenvalue weighted by atomic mass is 10.2. The molecule has 0 aliphatic heterocycles. The molecule has 1 rings (SSSR count). The molecule has 0 amide bonds. The van der Waals surface area contributed by atoms with E-state index in [2.05, 4.69) is 11.9 Å². The zero-order chi connectivity index (χ0) is 11.1. The molecular weight excluding hydrogens is 193 g/mol. The van der Waals surface area contributed by atoms with Crippen molar-refractivity contribution in [1.29, 1.82) is 0 Å². The lowest BCUT2D eigenvalue weighted by Crippen LogP contribution is -2.13. The highest BCUT2D eigenvalue weighted by Gasteiger charge is 2.04. The van der Waals surface area contributed by atoms with Crippen molar-refractivity contribution in [1.82, 2.24) is 5.32 Å². The van der Waals surface area contributed by atoms with Crippen LogP contribution in [-0.4, -0.2) is 13.2 Å². The summed E-state index contributed by atoms with van der Waals surface area (Å²) in [7, 11) is 0. The lowest BCUT2D eigenvalue weighted by molar-refractivity contribution is 0.357. The molecule has 1 aromatic carbocycles. The van der Waals surface area contributed by atoms with Crippen LogP contribution in [0.25, 0.3) is 0 Å². The molecule has 0 aliphatic carbocycles. The van der Waals surface area contributed by atoms with E-state index in [9.17, 15) is 4.39 Å². The Morgan fingerprint density at radius 3 is 3.00 bits per heavy atom. The van der Waals surface area contributed by atoms with Gasteiger partial charge in [-0.3, -0.25) is 0 Å². The molecule has 0 bridgehead atoms. The fourth-order valence-electron chi connectivity index (χ4n) is 1.24. The number of ether oxygens (including phenoxy) is 1. The Kier molecular flexibility index (Phi) is 4.84. The molecule has 3 heteroatoms. The number of benzene rings is 1. The fraction of sp³-hybridized carbons (Fsp3) is 0.333. The quantitative estimate of drug-likeness (QED) is 0.727. The summed E-state index contributed by atoms with van der Waals surface area (Å²) in [5, 5.41) is 3.14. The topological polar surface area (TPSA) is 21.3 Å². The summed E-state index contributed by atoms with van der Waals surface area (Å²) >= 11 is 0. The minimum absolute atomic E-state index is 0.242. The summed E-state index contributed by atoms with van der Waals surface area (Å²) in [6.07, 6.45) is 1.67. The van der Waals surface area contributed by atoms with Gasteiger partial charge in [-0.25, -0.2) is 4.39 Å². The molecule has 1 aromatic rings. The molecule has 15 heavy (non-hydrogen) atoms. The maximum Gasteiger partial charge on any atom is 0.124 e. The van der Waals surface area contributed by atoms with Crippen LogP contribution in [0.15, 0.2) is 30.9 Å². The summed E-state index contributed by atoms with van der Waals surface area (Å²) in [5.41, 5.74) is 0.832. The largest absolute Gasteiger partial charge is 0.489 e. The van der Waals surface area contributed by atoms with E-state index < -0.39 is 0 Å². The maximum absolute atomic E-state index is 13.0. The van der Waals surface area contributed by atoms with Crippen LogP contribution < -0.4 is 10.1 Å². The molecule has 0 saturated heterocycles. The van der Waals surface area contributed by atoms with E-state index in [0.29, 0.717) is 18.9 Å². The zero-order valence-corrected chi connectivity index (χ0v) is 8.92. The third kappa shape index (κ3) is 3.72. The van der Waals surface area contributed by atoms with E-state index in [-0.39, 0.29) is 5.82 Å². The van der Waals surface area contributed by atoms with Crippen LogP contribution in [-0.2, 0) is 6.54 Å². The van der Waals surface area contributed by atoms with Crippen molar-refractivity contribution in [2.75, 3.05) is 13.2 Å². The maximum atomic E-state index is 13.0. The molecule has 0 aromatic heterocycles. The number of hydrogen-bond acceptors (Lipinski definition) is 2. The smallest absolute Gasteiger partial charge is 0.124 e.